The Morgan fingerprint density at radius 2 is 1.89 bits per heavy atom. The average Bonchev–Trinajstić information content (AvgIpc) is 2.30. The lowest BCUT2D eigenvalue weighted by atomic mass is 10.1. The SMILES string of the molecule is Cc1ccc(C)c(Cn2cc(Br)cc(Br)c2=O)c1. The van der Waals surface area contributed by atoms with Gasteiger partial charge in [-0.25, -0.2) is 0 Å². The van der Waals surface area contributed by atoms with Gasteiger partial charge in [-0.15, -0.1) is 0 Å². The van der Waals surface area contributed by atoms with E-state index in [9.17, 15) is 4.79 Å². The monoisotopic (exact) mass is 369 g/mol. The van der Waals surface area contributed by atoms with E-state index in [1.807, 2.05) is 6.20 Å². The Bertz CT molecular complexity index is 647. The summed E-state index contributed by atoms with van der Waals surface area (Å²) in [4.78, 5) is 12.0. The molecular formula is C14H13Br2NO. The second-order valence-electron chi connectivity index (χ2n) is 4.37. The number of nitrogens with zero attached hydrogens (tertiary/aromatic N) is 1. The molecule has 0 saturated carbocycles. The molecule has 2 nitrogen and oxygen atoms in total. The van der Waals surface area contributed by atoms with Gasteiger partial charge < -0.3 is 4.57 Å². The van der Waals surface area contributed by atoms with Crippen molar-refractivity contribution in [1.82, 2.24) is 4.57 Å². The third-order valence-corrected chi connectivity index (χ3v) is 3.86. The van der Waals surface area contributed by atoms with E-state index in [0.717, 1.165) is 4.47 Å². The van der Waals surface area contributed by atoms with Crippen LogP contribution in [0.4, 0.5) is 0 Å². The maximum Gasteiger partial charge on any atom is 0.265 e. The summed E-state index contributed by atoms with van der Waals surface area (Å²) in [6.07, 6.45) is 1.81. The van der Waals surface area contributed by atoms with E-state index in [4.69, 9.17) is 0 Å². The molecule has 0 fully saturated rings. The molecule has 0 unspecified atom stereocenters. The predicted octanol–water partition coefficient (Wildman–Crippen LogP) is 4.04. The summed E-state index contributed by atoms with van der Waals surface area (Å²) < 4.78 is 3.16. The van der Waals surface area contributed by atoms with Crippen LogP contribution < -0.4 is 5.56 Å². The van der Waals surface area contributed by atoms with Crippen LogP contribution in [0.2, 0.25) is 0 Å². The van der Waals surface area contributed by atoms with Crippen LogP contribution in [-0.4, -0.2) is 4.57 Å². The molecule has 0 N–H and O–H groups in total. The molecule has 0 bridgehead atoms. The Labute approximate surface area is 123 Å². The van der Waals surface area contributed by atoms with Crippen LogP contribution in [0.5, 0.6) is 0 Å². The van der Waals surface area contributed by atoms with Crippen molar-refractivity contribution in [2.45, 2.75) is 20.4 Å². The minimum absolute atomic E-state index is 0.0147. The van der Waals surface area contributed by atoms with Gasteiger partial charge in [0.1, 0.15) is 0 Å². The van der Waals surface area contributed by atoms with E-state index >= 15 is 0 Å². The number of rotatable bonds is 2. The van der Waals surface area contributed by atoms with Gasteiger partial charge in [0.15, 0.2) is 0 Å². The molecule has 0 spiro atoms. The molecule has 0 atom stereocenters. The lowest BCUT2D eigenvalue weighted by Gasteiger charge is -2.10. The predicted molar refractivity (Wildman–Crippen MR) is 81.1 cm³/mol. The van der Waals surface area contributed by atoms with Crippen molar-refractivity contribution in [2.24, 2.45) is 0 Å². The first kappa shape index (κ1) is 13.6. The van der Waals surface area contributed by atoms with Crippen LogP contribution in [0.1, 0.15) is 16.7 Å². The first-order valence-corrected chi connectivity index (χ1v) is 7.17. The summed E-state index contributed by atoms with van der Waals surface area (Å²) >= 11 is 6.68. The van der Waals surface area contributed by atoms with Gasteiger partial charge in [0, 0.05) is 10.7 Å². The van der Waals surface area contributed by atoms with Crippen LogP contribution in [0.25, 0.3) is 0 Å². The highest BCUT2D eigenvalue weighted by Gasteiger charge is 2.06. The second kappa shape index (κ2) is 5.41. The highest BCUT2D eigenvalue weighted by atomic mass is 79.9. The first-order valence-electron chi connectivity index (χ1n) is 5.59. The van der Waals surface area contributed by atoms with Gasteiger partial charge in [-0.05, 0) is 62.9 Å². The summed E-state index contributed by atoms with van der Waals surface area (Å²) in [5.41, 5.74) is 3.56. The molecule has 1 aromatic carbocycles. The third kappa shape index (κ3) is 2.93. The van der Waals surface area contributed by atoms with Crippen molar-refractivity contribution in [3.8, 4) is 0 Å². The number of hydrogen-bond acceptors (Lipinski definition) is 1. The second-order valence-corrected chi connectivity index (χ2v) is 6.14. The van der Waals surface area contributed by atoms with E-state index in [0.29, 0.717) is 11.0 Å². The Hall–Kier alpha value is -0.870. The minimum atomic E-state index is -0.0147. The zero-order chi connectivity index (χ0) is 13.3. The summed E-state index contributed by atoms with van der Waals surface area (Å²) in [5.74, 6) is 0. The van der Waals surface area contributed by atoms with Gasteiger partial charge in [0.25, 0.3) is 5.56 Å². The van der Waals surface area contributed by atoms with Crippen LogP contribution in [-0.2, 0) is 6.54 Å². The van der Waals surface area contributed by atoms with Gasteiger partial charge in [0.05, 0.1) is 11.0 Å². The molecule has 1 aromatic heterocycles. The quantitative estimate of drug-likeness (QED) is 0.781. The molecule has 0 radical (unpaired) electrons. The van der Waals surface area contributed by atoms with Gasteiger partial charge in [-0.1, -0.05) is 23.8 Å². The number of pyridine rings is 1. The molecule has 4 heteroatoms. The Balaban J connectivity index is 2.46. The fraction of sp³-hybridized carbons (Fsp3) is 0.214. The van der Waals surface area contributed by atoms with E-state index in [1.54, 1.807) is 10.6 Å². The summed E-state index contributed by atoms with van der Waals surface area (Å²) in [5, 5.41) is 0. The van der Waals surface area contributed by atoms with Crippen molar-refractivity contribution in [2.75, 3.05) is 0 Å². The Kier molecular flexibility index (Phi) is 4.07. The van der Waals surface area contributed by atoms with Gasteiger partial charge >= 0.3 is 0 Å². The molecule has 0 amide bonds. The molecule has 94 valence electrons. The summed E-state index contributed by atoms with van der Waals surface area (Å²) in [6, 6.07) is 8.06. The van der Waals surface area contributed by atoms with Crippen molar-refractivity contribution in [3.63, 3.8) is 0 Å². The summed E-state index contributed by atoms with van der Waals surface area (Å²) in [7, 11) is 0. The molecule has 2 aromatic rings. The van der Waals surface area contributed by atoms with Crippen LogP contribution in [0.3, 0.4) is 0 Å². The smallest absolute Gasteiger partial charge is 0.265 e. The van der Waals surface area contributed by atoms with Gasteiger partial charge in [-0.2, -0.15) is 0 Å². The maximum absolute atomic E-state index is 12.0. The molecule has 0 aliphatic rings. The largest absolute Gasteiger partial charge is 0.309 e. The highest BCUT2D eigenvalue weighted by Crippen LogP contribution is 2.16. The lowest BCUT2D eigenvalue weighted by Crippen LogP contribution is -2.21. The number of aromatic nitrogens is 1. The minimum Gasteiger partial charge on any atom is -0.309 e. The van der Waals surface area contributed by atoms with E-state index in [1.165, 1.54) is 16.7 Å². The van der Waals surface area contributed by atoms with Gasteiger partial charge in [-0.3, -0.25) is 4.79 Å². The zero-order valence-electron chi connectivity index (χ0n) is 10.2. The van der Waals surface area contributed by atoms with Crippen molar-refractivity contribution in [1.29, 1.82) is 0 Å². The fourth-order valence-corrected chi connectivity index (χ4v) is 3.09. The molecule has 0 aliphatic heterocycles. The van der Waals surface area contributed by atoms with E-state index in [-0.39, 0.29) is 5.56 Å². The fourth-order valence-electron chi connectivity index (χ4n) is 1.84. The molecular weight excluding hydrogens is 358 g/mol. The molecule has 18 heavy (non-hydrogen) atoms. The molecule has 2 rings (SSSR count). The highest BCUT2D eigenvalue weighted by molar-refractivity contribution is 9.11. The van der Waals surface area contributed by atoms with Crippen molar-refractivity contribution < 1.29 is 0 Å². The summed E-state index contributed by atoms with van der Waals surface area (Å²) in [6.45, 7) is 4.71. The molecule has 1 heterocycles. The van der Waals surface area contributed by atoms with Crippen molar-refractivity contribution in [3.05, 3.63) is 66.5 Å². The third-order valence-electron chi connectivity index (χ3n) is 2.85. The molecule has 0 saturated heterocycles. The zero-order valence-corrected chi connectivity index (χ0v) is 13.4. The number of hydrogen-bond donors (Lipinski definition) is 0. The first-order chi connectivity index (χ1) is 8.47. The number of aryl methyl sites for hydroxylation is 2. The molecule has 0 aliphatic carbocycles. The van der Waals surface area contributed by atoms with Crippen LogP contribution in [0, 0.1) is 13.8 Å². The normalized spacial score (nSPS) is 10.7. The maximum atomic E-state index is 12.0. The van der Waals surface area contributed by atoms with Crippen LogP contribution in [0.15, 0.2) is 44.2 Å². The van der Waals surface area contributed by atoms with Gasteiger partial charge in [0.2, 0.25) is 0 Å². The lowest BCUT2D eigenvalue weighted by molar-refractivity contribution is 0.747. The van der Waals surface area contributed by atoms with Crippen molar-refractivity contribution >= 4 is 31.9 Å². The van der Waals surface area contributed by atoms with Crippen LogP contribution >= 0.6 is 31.9 Å². The number of halogens is 2. The van der Waals surface area contributed by atoms with E-state index in [2.05, 4.69) is 63.9 Å². The Morgan fingerprint density at radius 3 is 2.61 bits per heavy atom. The topological polar surface area (TPSA) is 22.0 Å². The average molecular weight is 371 g/mol. The Morgan fingerprint density at radius 1 is 1.17 bits per heavy atom. The number of benzene rings is 1. The standard InChI is InChI=1S/C14H13Br2NO/c1-9-3-4-10(2)11(5-9)7-17-8-12(15)6-13(16)14(17)18/h3-6,8H,7H2,1-2H3. The van der Waals surface area contributed by atoms with E-state index < -0.39 is 0 Å².